The predicted molar refractivity (Wildman–Crippen MR) is 75.5 cm³/mol. The molecule has 1 aliphatic heterocycles. The summed E-state index contributed by atoms with van der Waals surface area (Å²) in [7, 11) is 5.37. The van der Waals surface area contributed by atoms with Crippen LogP contribution in [0.5, 0.6) is 0 Å². The van der Waals surface area contributed by atoms with Crippen LogP contribution in [0.2, 0.25) is 0 Å². The van der Waals surface area contributed by atoms with Gasteiger partial charge in [-0.2, -0.15) is 0 Å². The van der Waals surface area contributed by atoms with Crippen LogP contribution >= 0.6 is 21.6 Å². The van der Waals surface area contributed by atoms with E-state index in [4.69, 9.17) is 14.2 Å². The van der Waals surface area contributed by atoms with Gasteiger partial charge in [0.05, 0.1) is 18.8 Å². The number of hydrogen-bond donors (Lipinski definition) is 0. The van der Waals surface area contributed by atoms with Crippen molar-refractivity contribution in [3.05, 3.63) is 0 Å². The van der Waals surface area contributed by atoms with Gasteiger partial charge in [-0.1, -0.05) is 35.4 Å². The second kappa shape index (κ2) is 8.64. The van der Waals surface area contributed by atoms with Crippen LogP contribution in [0.1, 0.15) is 27.2 Å². The van der Waals surface area contributed by atoms with Gasteiger partial charge >= 0.3 is 0 Å². The van der Waals surface area contributed by atoms with Gasteiger partial charge in [-0.05, 0) is 13.3 Å². The van der Waals surface area contributed by atoms with Gasteiger partial charge in [0, 0.05) is 18.8 Å². The monoisotopic (exact) mass is 280 g/mol. The van der Waals surface area contributed by atoms with Gasteiger partial charge in [0.15, 0.2) is 0 Å². The van der Waals surface area contributed by atoms with E-state index < -0.39 is 0 Å². The minimum Gasteiger partial charge on any atom is -0.382 e. The smallest absolute Gasteiger partial charge is 0.108 e. The molecule has 0 aromatic rings. The highest BCUT2D eigenvalue weighted by molar-refractivity contribution is 8.76. The molecule has 4 atom stereocenters. The number of methoxy groups -OCH3 is 1. The average molecular weight is 280 g/mol. The lowest BCUT2D eigenvalue weighted by Gasteiger charge is -2.20. The minimum atomic E-state index is 0.0850. The van der Waals surface area contributed by atoms with Gasteiger partial charge in [0.25, 0.3) is 0 Å². The minimum absolute atomic E-state index is 0.0850. The van der Waals surface area contributed by atoms with Gasteiger partial charge in [0.2, 0.25) is 0 Å². The molecule has 3 nitrogen and oxygen atoms in total. The quantitative estimate of drug-likeness (QED) is 0.387. The van der Waals surface area contributed by atoms with Crippen molar-refractivity contribution in [2.24, 2.45) is 5.92 Å². The topological polar surface area (TPSA) is 27.7 Å². The molecule has 0 radical (unpaired) electrons. The highest BCUT2D eigenvalue weighted by Gasteiger charge is 2.40. The molecule has 0 bridgehead atoms. The fourth-order valence-corrected chi connectivity index (χ4v) is 3.71. The molecule has 1 heterocycles. The Kier molecular flexibility index (Phi) is 7.95. The van der Waals surface area contributed by atoms with E-state index in [0.717, 1.165) is 5.94 Å². The van der Waals surface area contributed by atoms with Crippen molar-refractivity contribution >= 4 is 21.6 Å². The summed E-state index contributed by atoms with van der Waals surface area (Å²) in [5.41, 5.74) is 0. The molecule has 0 N–H and O–H groups in total. The van der Waals surface area contributed by atoms with Crippen molar-refractivity contribution in [1.29, 1.82) is 0 Å². The van der Waals surface area contributed by atoms with E-state index in [9.17, 15) is 0 Å². The predicted octanol–water partition coefficient (Wildman–Crippen LogP) is 3.19. The standard InChI is InChI=1S/C12H24O3S2/c1-5-6-16-17-8-14-12-9(2)10(3)15-11(12)7-13-4/h9-12H,5-8H2,1-4H3/t9?,10-,11+,12?/m0/s1. The molecule has 1 aliphatic rings. The zero-order chi connectivity index (χ0) is 12.7. The van der Waals surface area contributed by atoms with Crippen molar-refractivity contribution in [3.8, 4) is 0 Å². The van der Waals surface area contributed by atoms with Crippen LogP contribution in [0.3, 0.4) is 0 Å². The van der Waals surface area contributed by atoms with Crippen molar-refractivity contribution in [2.75, 3.05) is 25.4 Å². The van der Waals surface area contributed by atoms with Crippen LogP contribution in [0.15, 0.2) is 0 Å². The summed E-state index contributed by atoms with van der Waals surface area (Å²) >= 11 is 0. The molecule has 0 saturated carbocycles. The molecule has 0 aromatic carbocycles. The van der Waals surface area contributed by atoms with Crippen LogP contribution in [-0.4, -0.2) is 43.7 Å². The molecule has 0 aliphatic carbocycles. The number of hydrogen-bond acceptors (Lipinski definition) is 5. The lowest BCUT2D eigenvalue weighted by atomic mass is 9.99. The van der Waals surface area contributed by atoms with Gasteiger partial charge < -0.3 is 14.2 Å². The first-order valence-electron chi connectivity index (χ1n) is 6.21. The van der Waals surface area contributed by atoms with Crippen LogP contribution in [0, 0.1) is 5.92 Å². The van der Waals surface area contributed by atoms with Crippen LogP contribution in [0.4, 0.5) is 0 Å². The summed E-state index contributed by atoms with van der Waals surface area (Å²) in [5.74, 6) is 2.35. The van der Waals surface area contributed by atoms with Crippen molar-refractivity contribution in [1.82, 2.24) is 0 Å². The van der Waals surface area contributed by atoms with Crippen molar-refractivity contribution < 1.29 is 14.2 Å². The molecular weight excluding hydrogens is 256 g/mol. The normalized spacial score (nSPS) is 33.2. The third-order valence-electron chi connectivity index (χ3n) is 3.02. The van der Waals surface area contributed by atoms with Crippen LogP contribution in [-0.2, 0) is 14.2 Å². The lowest BCUT2D eigenvalue weighted by molar-refractivity contribution is -0.0440. The summed E-state index contributed by atoms with van der Waals surface area (Å²) < 4.78 is 17.0. The maximum Gasteiger partial charge on any atom is 0.108 e. The first-order chi connectivity index (χ1) is 8.20. The fourth-order valence-electron chi connectivity index (χ4n) is 1.92. The third kappa shape index (κ3) is 4.99. The second-order valence-electron chi connectivity index (χ2n) is 4.38. The third-order valence-corrected chi connectivity index (χ3v) is 5.29. The van der Waals surface area contributed by atoms with Crippen LogP contribution in [0.25, 0.3) is 0 Å². The molecule has 1 saturated heterocycles. The fraction of sp³-hybridized carbons (Fsp3) is 1.00. The van der Waals surface area contributed by atoms with Crippen LogP contribution < -0.4 is 0 Å². The van der Waals surface area contributed by atoms with Gasteiger partial charge in [-0.3, -0.25) is 0 Å². The van der Waals surface area contributed by atoms with Gasteiger partial charge in [-0.15, -0.1) is 0 Å². The van der Waals surface area contributed by atoms with Crippen molar-refractivity contribution in [2.45, 2.75) is 45.5 Å². The average Bonchev–Trinajstić information content (AvgIpc) is 2.57. The molecular formula is C12H24O3S2. The Balaban J connectivity index is 2.27. The summed E-state index contributed by atoms with van der Waals surface area (Å²) in [6.45, 7) is 7.11. The molecule has 102 valence electrons. The molecule has 1 fully saturated rings. The van der Waals surface area contributed by atoms with E-state index in [1.807, 2.05) is 10.8 Å². The van der Waals surface area contributed by atoms with Gasteiger partial charge in [-0.25, -0.2) is 0 Å². The largest absolute Gasteiger partial charge is 0.382 e. The Bertz CT molecular complexity index is 204. The molecule has 0 amide bonds. The zero-order valence-corrected chi connectivity index (χ0v) is 12.8. The van der Waals surface area contributed by atoms with E-state index in [-0.39, 0.29) is 18.3 Å². The zero-order valence-electron chi connectivity index (χ0n) is 11.2. The Labute approximate surface area is 113 Å². The maximum absolute atomic E-state index is 5.93. The molecule has 17 heavy (non-hydrogen) atoms. The number of ether oxygens (including phenoxy) is 3. The van der Waals surface area contributed by atoms with E-state index in [2.05, 4.69) is 20.8 Å². The highest BCUT2D eigenvalue weighted by atomic mass is 33.1. The first-order valence-corrected chi connectivity index (χ1v) is 8.69. The highest BCUT2D eigenvalue weighted by Crippen LogP contribution is 2.31. The summed E-state index contributed by atoms with van der Waals surface area (Å²) in [6, 6.07) is 0. The van der Waals surface area contributed by atoms with E-state index in [1.165, 1.54) is 12.2 Å². The Morgan fingerprint density at radius 1 is 1.24 bits per heavy atom. The Hall–Kier alpha value is 0.580. The second-order valence-corrected chi connectivity index (χ2v) is 6.91. The van der Waals surface area contributed by atoms with Gasteiger partial charge in [0.1, 0.15) is 12.0 Å². The SMILES string of the molecule is CCCSSCOC1C(C)[C@H](C)O[C@@H]1COC. The molecule has 0 aromatic heterocycles. The summed E-state index contributed by atoms with van der Waals surface area (Å²) in [5, 5.41) is 0. The summed E-state index contributed by atoms with van der Waals surface area (Å²) in [4.78, 5) is 0. The Morgan fingerprint density at radius 2 is 2.00 bits per heavy atom. The first kappa shape index (κ1) is 15.6. The maximum atomic E-state index is 5.93. The van der Waals surface area contributed by atoms with E-state index >= 15 is 0 Å². The van der Waals surface area contributed by atoms with Crippen molar-refractivity contribution in [3.63, 3.8) is 0 Å². The molecule has 2 unspecified atom stereocenters. The molecule has 5 heteroatoms. The van der Waals surface area contributed by atoms with E-state index in [1.54, 1.807) is 17.9 Å². The van der Waals surface area contributed by atoms with E-state index in [0.29, 0.717) is 12.5 Å². The Morgan fingerprint density at radius 3 is 2.65 bits per heavy atom. The lowest BCUT2D eigenvalue weighted by Crippen LogP contribution is -2.32. The molecule has 1 rings (SSSR count). The summed E-state index contributed by atoms with van der Waals surface area (Å²) in [6.07, 6.45) is 1.72. The number of rotatable bonds is 8. The molecule has 0 spiro atoms.